The summed E-state index contributed by atoms with van der Waals surface area (Å²) in [5.41, 5.74) is 0. The topological polar surface area (TPSA) is 36.9 Å². The summed E-state index contributed by atoms with van der Waals surface area (Å²) in [6, 6.07) is 11.0. The maximum atomic E-state index is 5.60. The van der Waals surface area contributed by atoms with E-state index in [1.54, 1.807) is 26.4 Å². The fourth-order valence-corrected chi connectivity index (χ4v) is 2.32. The normalized spacial score (nSPS) is 10.1. The summed E-state index contributed by atoms with van der Waals surface area (Å²) in [7, 11) is 3.22. The molecule has 0 spiro atoms. The molecule has 0 atom stereocenters. The zero-order chi connectivity index (χ0) is 15.2. The molecule has 0 unspecified atom stereocenters. The van der Waals surface area contributed by atoms with Gasteiger partial charge in [0.1, 0.15) is 23.0 Å². The average Bonchev–Trinajstić information content (AvgIpc) is 2.51. The Kier molecular flexibility index (Phi) is 5.76. The van der Waals surface area contributed by atoms with Crippen LogP contribution >= 0.6 is 31.9 Å². The molecule has 0 bridgehead atoms. The molecule has 0 heterocycles. The van der Waals surface area contributed by atoms with Gasteiger partial charge in [-0.15, -0.1) is 0 Å². The van der Waals surface area contributed by atoms with Gasteiger partial charge in [0, 0.05) is 12.1 Å². The number of rotatable bonds is 6. The standard InChI is InChI=1S/C15H14Br2O4/c1-18-10-3-5-12(16)14(7-10)20-9-21-15-8-11(19-2)4-6-13(15)17/h3-8H,9H2,1-2H3. The molecule has 6 heteroatoms. The molecule has 21 heavy (non-hydrogen) atoms. The van der Waals surface area contributed by atoms with Gasteiger partial charge in [-0.3, -0.25) is 0 Å². The molecule has 0 fully saturated rings. The van der Waals surface area contributed by atoms with Crippen molar-refractivity contribution in [2.45, 2.75) is 0 Å². The number of benzene rings is 2. The molecule has 0 radical (unpaired) electrons. The van der Waals surface area contributed by atoms with Crippen LogP contribution in [0.3, 0.4) is 0 Å². The molecule has 2 aromatic carbocycles. The van der Waals surface area contributed by atoms with Crippen molar-refractivity contribution >= 4 is 31.9 Å². The third-order valence-corrected chi connectivity index (χ3v) is 4.02. The minimum Gasteiger partial charge on any atom is -0.497 e. The van der Waals surface area contributed by atoms with Crippen LogP contribution in [-0.2, 0) is 0 Å². The number of methoxy groups -OCH3 is 2. The Bertz CT molecular complexity index is 563. The highest BCUT2D eigenvalue weighted by atomic mass is 79.9. The number of hydrogen-bond acceptors (Lipinski definition) is 4. The Morgan fingerprint density at radius 1 is 0.762 bits per heavy atom. The van der Waals surface area contributed by atoms with Crippen molar-refractivity contribution in [3.63, 3.8) is 0 Å². The van der Waals surface area contributed by atoms with Gasteiger partial charge in [-0.1, -0.05) is 0 Å². The van der Waals surface area contributed by atoms with Crippen molar-refractivity contribution in [2.75, 3.05) is 21.0 Å². The zero-order valence-electron chi connectivity index (χ0n) is 11.6. The first-order chi connectivity index (χ1) is 10.1. The van der Waals surface area contributed by atoms with E-state index < -0.39 is 0 Å². The molecule has 0 aromatic heterocycles. The third kappa shape index (κ3) is 4.28. The van der Waals surface area contributed by atoms with Crippen LogP contribution < -0.4 is 18.9 Å². The summed E-state index contributed by atoms with van der Waals surface area (Å²) in [5.74, 6) is 2.73. The fraction of sp³-hybridized carbons (Fsp3) is 0.200. The van der Waals surface area contributed by atoms with Gasteiger partial charge < -0.3 is 18.9 Å². The maximum absolute atomic E-state index is 5.60. The van der Waals surface area contributed by atoms with E-state index in [1.165, 1.54) is 0 Å². The maximum Gasteiger partial charge on any atom is 0.231 e. The lowest BCUT2D eigenvalue weighted by atomic mass is 10.3. The minimum atomic E-state index is 0.0670. The molecule has 0 aliphatic carbocycles. The minimum absolute atomic E-state index is 0.0670. The summed E-state index contributed by atoms with van der Waals surface area (Å²) < 4.78 is 23.2. The predicted molar refractivity (Wildman–Crippen MR) is 87.5 cm³/mol. The van der Waals surface area contributed by atoms with Crippen LogP contribution in [0, 0.1) is 0 Å². The van der Waals surface area contributed by atoms with Crippen LogP contribution in [0.5, 0.6) is 23.0 Å². The lowest BCUT2D eigenvalue weighted by Gasteiger charge is -2.12. The number of ether oxygens (including phenoxy) is 4. The van der Waals surface area contributed by atoms with Gasteiger partial charge in [0.25, 0.3) is 0 Å². The molecule has 0 saturated heterocycles. The van der Waals surface area contributed by atoms with Crippen LogP contribution in [0.15, 0.2) is 45.3 Å². The highest BCUT2D eigenvalue weighted by Gasteiger charge is 2.06. The summed E-state index contributed by atoms with van der Waals surface area (Å²) in [6.07, 6.45) is 0. The highest BCUT2D eigenvalue weighted by molar-refractivity contribution is 9.10. The molecule has 0 N–H and O–H groups in total. The van der Waals surface area contributed by atoms with Crippen molar-refractivity contribution in [1.82, 2.24) is 0 Å². The van der Waals surface area contributed by atoms with Crippen LogP contribution in [0.4, 0.5) is 0 Å². The van der Waals surface area contributed by atoms with Crippen LogP contribution in [0.25, 0.3) is 0 Å². The first kappa shape index (κ1) is 16.0. The third-order valence-electron chi connectivity index (χ3n) is 2.71. The molecule has 0 amide bonds. The van der Waals surface area contributed by atoms with E-state index in [9.17, 15) is 0 Å². The van der Waals surface area contributed by atoms with E-state index >= 15 is 0 Å². The second kappa shape index (κ2) is 7.56. The van der Waals surface area contributed by atoms with Gasteiger partial charge in [0.05, 0.1) is 23.2 Å². The number of hydrogen-bond donors (Lipinski definition) is 0. The van der Waals surface area contributed by atoms with Crippen molar-refractivity contribution in [1.29, 1.82) is 0 Å². The molecule has 112 valence electrons. The van der Waals surface area contributed by atoms with Crippen LogP contribution in [0.2, 0.25) is 0 Å². The molecular formula is C15H14Br2O4. The lowest BCUT2D eigenvalue weighted by Crippen LogP contribution is -2.06. The van der Waals surface area contributed by atoms with Gasteiger partial charge in [-0.05, 0) is 56.1 Å². The summed E-state index contributed by atoms with van der Waals surface area (Å²) in [5, 5.41) is 0. The van der Waals surface area contributed by atoms with Gasteiger partial charge in [0.15, 0.2) is 0 Å². The van der Waals surface area contributed by atoms with Crippen molar-refractivity contribution in [3.8, 4) is 23.0 Å². The Morgan fingerprint density at radius 2 is 1.19 bits per heavy atom. The quantitative estimate of drug-likeness (QED) is 0.641. The van der Waals surface area contributed by atoms with E-state index in [0.29, 0.717) is 11.5 Å². The van der Waals surface area contributed by atoms with Gasteiger partial charge in [-0.2, -0.15) is 0 Å². The molecule has 2 aromatic rings. The Hall–Kier alpha value is -1.40. The first-order valence-electron chi connectivity index (χ1n) is 6.06. The molecule has 0 aliphatic heterocycles. The Labute approximate surface area is 140 Å². The second-order valence-corrected chi connectivity index (χ2v) is 5.71. The largest absolute Gasteiger partial charge is 0.497 e. The van der Waals surface area contributed by atoms with E-state index in [2.05, 4.69) is 31.9 Å². The molecule has 0 saturated carbocycles. The molecule has 2 rings (SSSR count). The van der Waals surface area contributed by atoms with Gasteiger partial charge in [-0.25, -0.2) is 0 Å². The smallest absolute Gasteiger partial charge is 0.231 e. The monoisotopic (exact) mass is 416 g/mol. The van der Waals surface area contributed by atoms with Gasteiger partial charge in [0.2, 0.25) is 6.79 Å². The van der Waals surface area contributed by atoms with E-state index in [1.807, 2.05) is 24.3 Å². The molecular weight excluding hydrogens is 404 g/mol. The summed E-state index contributed by atoms with van der Waals surface area (Å²) in [6.45, 7) is 0.0670. The number of halogens is 2. The summed E-state index contributed by atoms with van der Waals surface area (Å²) >= 11 is 6.84. The SMILES string of the molecule is COc1ccc(Br)c(OCOc2cc(OC)ccc2Br)c1. The molecule has 4 nitrogen and oxygen atoms in total. The van der Waals surface area contributed by atoms with Crippen molar-refractivity contribution in [2.24, 2.45) is 0 Å². The lowest BCUT2D eigenvalue weighted by molar-refractivity contribution is 0.117. The van der Waals surface area contributed by atoms with E-state index in [4.69, 9.17) is 18.9 Å². The summed E-state index contributed by atoms with van der Waals surface area (Å²) in [4.78, 5) is 0. The highest BCUT2D eigenvalue weighted by Crippen LogP contribution is 2.31. The zero-order valence-corrected chi connectivity index (χ0v) is 14.7. The van der Waals surface area contributed by atoms with Crippen molar-refractivity contribution in [3.05, 3.63) is 45.3 Å². The fourth-order valence-electron chi connectivity index (χ4n) is 1.60. The Morgan fingerprint density at radius 3 is 1.57 bits per heavy atom. The van der Waals surface area contributed by atoms with Crippen molar-refractivity contribution < 1.29 is 18.9 Å². The van der Waals surface area contributed by atoms with Crippen LogP contribution in [-0.4, -0.2) is 21.0 Å². The second-order valence-electron chi connectivity index (χ2n) is 4.00. The van der Waals surface area contributed by atoms with Crippen LogP contribution in [0.1, 0.15) is 0 Å². The van der Waals surface area contributed by atoms with E-state index in [-0.39, 0.29) is 6.79 Å². The first-order valence-corrected chi connectivity index (χ1v) is 7.65. The van der Waals surface area contributed by atoms with Gasteiger partial charge >= 0.3 is 0 Å². The predicted octanol–water partition coefficient (Wildman–Crippen LogP) is 4.64. The average molecular weight is 418 g/mol. The molecule has 0 aliphatic rings. The Balaban J connectivity index is 2.01. The van der Waals surface area contributed by atoms with E-state index in [0.717, 1.165) is 20.4 Å².